The molecule has 1 heterocycles. The number of carbonyl (C=O) groups is 1. The largest absolute Gasteiger partial charge is 0.494 e. The third-order valence-electron chi connectivity index (χ3n) is 4.26. The number of aryl methyl sites for hydroxylation is 2. The first kappa shape index (κ1) is 17.0. The highest BCUT2D eigenvalue weighted by Gasteiger charge is 2.25. The average Bonchev–Trinajstić information content (AvgIpc) is 2.59. The fourth-order valence-corrected chi connectivity index (χ4v) is 3.02. The van der Waals surface area contributed by atoms with Crippen LogP contribution in [0.25, 0.3) is 0 Å². The summed E-state index contributed by atoms with van der Waals surface area (Å²) in [4.78, 5) is 24.5. The second-order valence-corrected chi connectivity index (χ2v) is 6.13. The lowest BCUT2D eigenvalue weighted by molar-refractivity contribution is -0.384. The predicted molar refractivity (Wildman–Crippen MR) is 95.1 cm³/mol. The minimum absolute atomic E-state index is 0.0527. The van der Waals surface area contributed by atoms with Gasteiger partial charge < -0.3 is 9.64 Å². The Bertz CT molecular complexity index is 804. The molecule has 0 fully saturated rings. The Balaban J connectivity index is 1.62. The first-order chi connectivity index (χ1) is 12.0. The molecule has 0 aliphatic carbocycles. The molecule has 0 aromatic heterocycles. The van der Waals surface area contributed by atoms with Crippen molar-refractivity contribution in [1.29, 1.82) is 0 Å². The molecular weight excluding hydrogens is 320 g/mol. The van der Waals surface area contributed by atoms with Crippen LogP contribution in [0, 0.1) is 17.0 Å². The van der Waals surface area contributed by atoms with Gasteiger partial charge in [0.25, 0.3) is 5.69 Å². The van der Waals surface area contributed by atoms with Crippen LogP contribution in [0.3, 0.4) is 0 Å². The summed E-state index contributed by atoms with van der Waals surface area (Å²) in [5.74, 6) is 0.873. The number of rotatable bonds is 6. The Kier molecular flexibility index (Phi) is 4.97. The number of fused-ring (bicyclic) bond motifs is 1. The molecule has 25 heavy (non-hydrogen) atoms. The second-order valence-electron chi connectivity index (χ2n) is 6.13. The molecule has 1 aliphatic rings. The second kappa shape index (κ2) is 7.34. The van der Waals surface area contributed by atoms with E-state index in [-0.39, 0.29) is 11.6 Å². The van der Waals surface area contributed by atoms with Crippen molar-refractivity contribution in [2.24, 2.45) is 0 Å². The quantitative estimate of drug-likeness (QED) is 0.457. The number of amides is 1. The zero-order valence-corrected chi connectivity index (χ0v) is 14.1. The van der Waals surface area contributed by atoms with E-state index in [1.54, 1.807) is 17.0 Å². The van der Waals surface area contributed by atoms with Gasteiger partial charge in [-0.3, -0.25) is 14.9 Å². The molecule has 6 heteroatoms. The van der Waals surface area contributed by atoms with E-state index in [0.29, 0.717) is 32.4 Å². The lowest BCUT2D eigenvalue weighted by Gasteiger charge is -2.29. The van der Waals surface area contributed by atoms with Crippen LogP contribution in [-0.2, 0) is 11.2 Å². The van der Waals surface area contributed by atoms with Crippen molar-refractivity contribution in [2.75, 3.05) is 18.1 Å². The van der Waals surface area contributed by atoms with Gasteiger partial charge in [-0.25, -0.2) is 0 Å². The van der Waals surface area contributed by atoms with E-state index >= 15 is 0 Å². The van der Waals surface area contributed by atoms with Crippen LogP contribution in [0.4, 0.5) is 11.4 Å². The smallest absolute Gasteiger partial charge is 0.269 e. The maximum Gasteiger partial charge on any atom is 0.269 e. The van der Waals surface area contributed by atoms with Crippen molar-refractivity contribution in [3.05, 3.63) is 63.7 Å². The van der Waals surface area contributed by atoms with Crippen LogP contribution < -0.4 is 9.64 Å². The number of hydrogen-bond acceptors (Lipinski definition) is 4. The number of non-ortho nitro benzene ring substituents is 1. The van der Waals surface area contributed by atoms with Crippen LogP contribution in [0.2, 0.25) is 0 Å². The Hall–Kier alpha value is -2.89. The number of nitro benzene ring substituents is 1. The van der Waals surface area contributed by atoms with Gasteiger partial charge in [-0.1, -0.05) is 12.1 Å². The van der Waals surface area contributed by atoms with Gasteiger partial charge in [0.1, 0.15) is 5.75 Å². The molecule has 1 amide bonds. The molecule has 2 aromatic carbocycles. The maximum atomic E-state index is 12.2. The predicted octanol–water partition coefficient (Wildman–Crippen LogP) is 3.65. The first-order valence-electron chi connectivity index (χ1n) is 8.32. The fourth-order valence-electron chi connectivity index (χ4n) is 3.02. The highest BCUT2D eigenvalue weighted by Crippen LogP contribution is 2.31. The van der Waals surface area contributed by atoms with E-state index < -0.39 is 4.92 Å². The van der Waals surface area contributed by atoms with Crippen LogP contribution in [0.15, 0.2) is 42.5 Å². The van der Waals surface area contributed by atoms with Crippen molar-refractivity contribution in [3.63, 3.8) is 0 Å². The molecule has 6 nitrogen and oxygen atoms in total. The summed E-state index contributed by atoms with van der Waals surface area (Å²) in [7, 11) is 0. The molecule has 0 saturated heterocycles. The van der Waals surface area contributed by atoms with Crippen molar-refractivity contribution in [2.45, 2.75) is 26.2 Å². The van der Waals surface area contributed by atoms with Gasteiger partial charge in [0.05, 0.1) is 11.5 Å². The third-order valence-corrected chi connectivity index (χ3v) is 4.26. The molecule has 0 saturated carbocycles. The van der Waals surface area contributed by atoms with Gasteiger partial charge in [-0.05, 0) is 49.1 Å². The van der Waals surface area contributed by atoms with Crippen LogP contribution >= 0.6 is 0 Å². The van der Waals surface area contributed by atoms with E-state index in [0.717, 1.165) is 22.6 Å². The molecule has 0 N–H and O–H groups in total. The summed E-state index contributed by atoms with van der Waals surface area (Å²) >= 11 is 0. The lowest BCUT2D eigenvalue weighted by Crippen LogP contribution is -2.36. The van der Waals surface area contributed by atoms with Gasteiger partial charge in [0.2, 0.25) is 5.91 Å². The van der Waals surface area contributed by atoms with Crippen molar-refractivity contribution in [1.82, 2.24) is 0 Å². The van der Waals surface area contributed by atoms with Crippen LogP contribution in [0.5, 0.6) is 5.75 Å². The van der Waals surface area contributed by atoms with Gasteiger partial charge in [-0.15, -0.1) is 0 Å². The Labute approximate surface area is 146 Å². The normalized spacial score (nSPS) is 13.5. The van der Waals surface area contributed by atoms with Gasteiger partial charge >= 0.3 is 0 Å². The van der Waals surface area contributed by atoms with Crippen molar-refractivity contribution < 1.29 is 14.5 Å². The molecule has 0 unspecified atom stereocenters. The number of nitrogens with zero attached hydrogens (tertiary/aromatic N) is 2. The van der Waals surface area contributed by atoms with Gasteiger partial charge in [-0.2, -0.15) is 0 Å². The van der Waals surface area contributed by atoms with E-state index in [9.17, 15) is 14.9 Å². The molecule has 0 atom stereocenters. The number of anilines is 1. The summed E-state index contributed by atoms with van der Waals surface area (Å²) in [5.41, 5.74) is 2.83. The van der Waals surface area contributed by atoms with E-state index in [1.165, 1.54) is 6.07 Å². The minimum atomic E-state index is -0.406. The average molecular weight is 340 g/mol. The van der Waals surface area contributed by atoms with Crippen molar-refractivity contribution in [3.8, 4) is 5.75 Å². The SMILES string of the molecule is Cc1cccc(OCCCN2C(=O)CCc3cc([N+](=O)[O-])ccc32)c1. The number of carbonyl (C=O) groups excluding carboxylic acids is 1. The van der Waals surface area contributed by atoms with Gasteiger partial charge in [0, 0.05) is 30.8 Å². The molecule has 130 valence electrons. The summed E-state index contributed by atoms with van der Waals surface area (Å²) in [6, 6.07) is 12.5. The Morgan fingerprint density at radius 3 is 2.80 bits per heavy atom. The Morgan fingerprint density at radius 1 is 1.20 bits per heavy atom. The number of nitro groups is 1. The summed E-state index contributed by atoms with van der Waals surface area (Å²) in [6.07, 6.45) is 1.62. The van der Waals surface area contributed by atoms with E-state index in [2.05, 4.69) is 0 Å². The Morgan fingerprint density at radius 2 is 2.04 bits per heavy atom. The zero-order chi connectivity index (χ0) is 17.8. The van der Waals surface area contributed by atoms with Crippen LogP contribution in [0.1, 0.15) is 24.0 Å². The molecule has 0 bridgehead atoms. The molecule has 0 radical (unpaired) electrons. The minimum Gasteiger partial charge on any atom is -0.494 e. The monoisotopic (exact) mass is 340 g/mol. The summed E-state index contributed by atoms with van der Waals surface area (Å²) in [6.45, 7) is 3.06. The molecule has 3 rings (SSSR count). The summed E-state index contributed by atoms with van der Waals surface area (Å²) in [5, 5.41) is 10.9. The molecule has 1 aliphatic heterocycles. The fraction of sp³-hybridized carbons (Fsp3) is 0.316. The van der Waals surface area contributed by atoms with Crippen molar-refractivity contribution >= 4 is 17.3 Å². The topological polar surface area (TPSA) is 72.7 Å². The van der Waals surface area contributed by atoms with E-state index in [4.69, 9.17) is 4.74 Å². The van der Waals surface area contributed by atoms with E-state index in [1.807, 2.05) is 31.2 Å². The van der Waals surface area contributed by atoms with Gasteiger partial charge in [0.15, 0.2) is 0 Å². The summed E-state index contributed by atoms with van der Waals surface area (Å²) < 4.78 is 5.72. The lowest BCUT2D eigenvalue weighted by atomic mass is 10.0. The molecule has 0 spiro atoms. The standard InChI is InChI=1S/C19H20N2O4/c1-14-4-2-5-17(12-14)25-11-3-10-20-18-8-7-16(21(23)24)13-15(18)6-9-19(20)22/h2,4-5,7-8,12-13H,3,6,9-11H2,1H3. The number of benzene rings is 2. The van der Waals surface area contributed by atoms with Crippen LogP contribution in [-0.4, -0.2) is 24.0 Å². The number of hydrogen-bond donors (Lipinski definition) is 0. The molecule has 2 aromatic rings. The maximum absolute atomic E-state index is 12.2. The highest BCUT2D eigenvalue weighted by molar-refractivity contribution is 5.96. The molecular formula is C19H20N2O4. The first-order valence-corrected chi connectivity index (χ1v) is 8.32. The third kappa shape index (κ3) is 3.96. The number of ether oxygens (including phenoxy) is 1. The highest BCUT2D eigenvalue weighted by atomic mass is 16.6. The zero-order valence-electron chi connectivity index (χ0n) is 14.1.